The Labute approximate surface area is 182 Å². The van der Waals surface area contributed by atoms with Gasteiger partial charge < -0.3 is 9.64 Å². The summed E-state index contributed by atoms with van der Waals surface area (Å²) in [6.07, 6.45) is 6.32. The number of aryl methyl sites for hydroxylation is 2. The largest absolute Gasteiger partial charge is 0.378 e. The Kier molecular flexibility index (Phi) is 5.32. The molecule has 1 saturated heterocycles. The van der Waals surface area contributed by atoms with Crippen LogP contribution < -0.4 is 10.5 Å². The van der Waals surface area contributed by atoms with Gasteiger partial charge in [-0.05, 0) is 67.9 Å². The van der Waals surface area contributed by atoms with Crippen molar-refractivity contribution in [3.05, 3.63) is 80.9 Å². The Morgan fingerprint density at radius 1 is 1.06 bits per heavy atom. The Morgan fingerprint density at radius 3 is 2.65 bits per heavy atom. The number of nitrogens with zero attached hydrogens (tertiary/aromatic N) is 4. The summed E-state index contributed by atoms with van der Waals surface area (Å²) in [6.45, 7) is 7.49. The van der Waals surface area contributed by atoms with Gasteiger partial charge in [-0.3, -0.25) is 4.79 Å². The van der Waals surface area contributed by atoms with Gasteiger partial charge >= 0.3 is 0 Å². The van der Waals surface area contributed by atoms with Crippen LogP contribution in [0.4, 0.5) is 5.69 Å². The summed E-state index contributed by atoms with van der Waals surface area (Å²) in [6, 6.07) is 10.6. The van der Waals surface area contributed by atoms with Crippen LogP contribution >= 0.6 is 0 Å². The lowest BCUT2D eigenvalue weighted by Crippen LogP contribution is -2.36. The fourth-order valence-electron chi connectivity index (χ4n) is 4.88. The molecule has 5 rings (SSSR count). The van der Waals surface area contributed by atoms with Crippen LogP contribution in [0.3, 0.4) is 0 Å². The number of anilines is 1. The number of benzene rings is 1. The molecule has 1 aliphatic heterocycles. The number of rotatable bonds is 3. The molecule has 0 radical (unpaired) electrons. The Morgan fingerprint density at radius 2 is 1.90 bits per heavy atom. The third-order valence-electron chi connectivity index (χ3n) is 6.57. The lowest BCUT2D eigenvalue weighted by atomic mass is 9.79. The quantitative estimate of drug-likeness (QED) is 0.655. The van der Waals surface area contributed by atoms with Crippen molar-refractivity contribution >= 4 is 5.69 Å². The zero-order valence-corrected chi connectivity index (χ0v) is 18.2. The molecule has 31 heavy (non-hydrogen) atoms. The zero-order chi connectivity index (χ0) is 21.4. The Bertz CT molecular complexity index is 1150. The van der Waals surface area contributed by atoms with Crippen molar-refractivity contribution in [3.8, 4) is 5.82 Å². The maximum Gasteiger partial charge on any atom is 0.276 e. The van der Waals surface area contributed by atoms with Crippen molar-refractivity contribution in [2.75, 3.05) is 31.2 Å². The molecule has 3 aromatic rings. The summed E-state index contributed by atoms with van der Waals surface area (Å²) in [5, 5.41) is 4.48. The number of pyridine rings is 1. The predicted octanol–water partition coefficient (Wildman–Crippen LogP) is 3.35. The molecule has 1 unspecified atom stereocenters. The molecular formula is C25H28N4O2. The first-order chi connectivity index (χ1) is 15.1. The van der Waals surface area contributed by atoms with Gasteiger partial charge in [0.1, 0.15) is 0 Å². The average Bonchev–Trinajstić information content (AvgIpc) is 2.80. The van der Waals surface area contributed by atoms with Crippen molar-refractivity contribution in [1.82, 2.24) is 14.8 Å². The minimum atomic E-state index is -0.0387. The highest BCUT2D eigenvalue weighted by Gasteiger charge is 2.25. The molecule has 1 fully saturated rings. The van der Waals surface area contributed by atoms with Crippen LogP contribution in [0.2, 0.25) is 0 Å². The van der Waals surface area contributed by atoms with Gasteiger partial charge in [0, 0.05) is 18.7 Å². The SMILES string of the molecule is Cc1ccc(C2CCc3c(cnn(-c4ccc(N5CCOCC5)cn4)c3=O)C2)c(C)c1. The highest BCUT2D eigenvalue weighted by Crippen LogP contribution is 2.33. The zero-order valence-electron chi connectivity index (χ0n) is 18.2. The summed E-state index contributed by atoms with van der Waals surface area (Å²) < 4.78 is 6.86. The monoisotopic (exact) mass is 416 g/mol. The van der Waals surface area contributed by atoms with E-state index in [1.807, 2.05) is 24.5 Å². The molecule has 0 N–H and O–H groups in total. The molecular weight excluding hydrogens is 388 g/mol. The van der Waals surface area contributed by atoms with E-state index in [4.69, 9.17) is 4.74 Å². The van der Waals surface area contributed by atoms with Gasteiger partial charge in [-0.2, -0.15) is 9.78 Å². The molecule has 160 valence electrons. The molecule has 6 nitrogen and oxygen atoms in total. The molecule has 1 atom stereocenters. The molecule has 6 heteroatoms. The predicted molar refractivity (Wildman–Crippen MR) is 121 cm³/mol. The normalized spacial score (nSPS) is 18.6. The number of hydrogen-bond donors (Lipinski definition) is 0. The lowest BCUT2D eigenvalue weighted by Gasteiger charge is -2.28. The molecule has 0 amide bonds. The van der Waals surface area contributed by atoms with Crippen molar-refractivity contribution in [1.29, 1.82) is 0 Å². The van der Waals surface area contributed by atoms with E-state index >= 15 is 0 Å². The van der Waals surface area contributed by atoms with E-state index in [2.05, 4.69) is 47.0 Å². The maximum atomic E-state index is 13.2. The number of fused-ring (bicyclic) bond motifs is 1. The first kappa shape index (κ1) is 19.9. The molecule has 2 aromatic heterocycles. The van der Waals surface area contributed by atoms with Gasteiger partial charge in [0.2, 0.25) is 0 Å². The summed E-state index contributed by atoms with van der Waals surface area (Å²) in [4.78, 5) is 20.0. The number of morpholine rings is 1. The van der Waals surface area contributed by atoms with E-state index in [0.717, 1.165) is 62.4 Å². The number of hydrogen-bond acceptors (Lipinski definition) is 5. The van der Waals surface area contributed by atoms with E-state index in [1.54, 1.807) is 0 Å². The lowest BCUT2D eigenvalue weighted by molar-refractivity contribution is 0.122. The fourth-order valence-corrected chi connectivity index (χ4v) is 4.88. The van der Waals surface area contributed by atoms with Crippen molar-refractivity contribution in [3.63, 3.8) is 0 Å². The van der Waals surface area contributed by atoms with E-state index in [-0.39, 0.29) is 5.56 Å². The summed E-state index contributed by atoms with van der Waals surface area (Å²) >= 11 is 0. The van der Waals surface area contributed by atoms with Crippen molar-refractivity contribution < 1.29 is 4.74 Å². The van der Waals surface area contributed by atoms with Crippen LogP contribution in [0.25, 0.3) is 5.82 Å². The topological polar surface area (TPSA) is 60.3 Å². The third kappa shape index (κ3) is 3.88. The van der Waals surface area contributed by atoms with Gasteiger partial charge in [0.05, 0.1) is 31.3 Å². The van der Waals surface area contributed by atoms with Gasteiger partial charge in [-0.25, -0.2) is 4.98 Å². The van der Waals surface area contributed by atoms with Crippen LogP contribution in [0.5, 0.6) is 0 Å². The van der Waals surface area contributed by atoms with E-state index in [9.17, 15) is 4.79 Å². The molecule has 0 spiro atoms. The molecule has 0 saturated carbocycles. The summed E-state index contributed by atoms with van der Waals surface area (Å²) in [7, 11) is 0. The molecule has 1 aromatic carbocycles. The number of aromatic nitrogens is 3. The molecule has 1 aliphatic carbocycles. The van der Waals surface area contributed by atoms with Gasteiger partial charge in [0.25, 0.3) is 5.56 Å². The van der Waals surface area contributed by atoms with E-state index in [0.29, 0.717) is 11.7 Å². The first-order valence-electron chi connectivity index (χ1n) is 11.1. The van der Waals surface area contributed by atoms with Crippen molar-refractivity contribution in [2.45, 2.75) is 39.0 Å². The van der Waals surface area contributed by atoms with Gasteiger partial charge in [-0.15, -0.1) is 0 Å². The second kappa shape index (κ2) is 8.27. The Hall–Kier alpha value is -2.99. The highest BCUT2D eigenvalue weighted by molar-refractivity contribution is 5.47. The van der Waals surface area contributed by atoms with Crippen LogP contribution in [-0.2, 0) is 17.6 Å². The van der Waals surface area contributed by atoms with Gasteiger partial charge in [0.15, 0.2) is 5.82 Å². The summed E-state index contributed by atoms with van der Waals surface area (Å²) in [5.74, 6) is 1.01. The van der Waals surface area contributed by atoms with Crippen molar-refractivity contribution in [2.24, 2.45) is 0 Å². The minimum Gasteiger partial charge on any atom is -0.378 e. The van der Waals surface area contributed by atoms with Crippen LogP contribution in [0, 0.1) is 13.8 Å². The second-order valence-corrected chi connectivity index (χ2v) is 8.64. The maximum absolute atomic E-state index is 13.2. The average molecular weight is 417 g/mol. The third-order valence-corrected chi connectivity index (χ3v) is 6.57. The molecule has 0 bridgehead atoms. The van der Waals surface area contributed by atoms with Gasteiger partial charge in [-0.1, -0.05) is 23.8 Å². The standard InChI is InChI=1S/C25H28N4O2/c1-17-3-6-22(18(2)13-17)19-4-7-23-20(14-19)15-27-29(25(23)30)24-8-5-21(16-26-24)28-9-11-31-12-10-28/h3,5-6,8,13,15-16,19H,4,7,9-12,14H2,1-2H3. The van der Waals surface area contributed by atoms with E-state index < -0.39 is 0 Å². The van der Waals surface area contributed by atoms with Crippen LogP contribution in [0.1, 0.15) is 40.2 Å². The summed E-state index contributed by atoms with van der Waals surface area (Å²) in [5.41, 5.74) is 6.98. The molecule has 3 heterocycles. The van der Waals surface area contributed by atoms with E-state index in [1.165, 1.54) is 21.4 Å². The van der Waals surface area contributed by atoms with Crippen LogP contribution in [-0.4, -0.2) is 41.1 Å². The first-order valence-corrected chi connectivity index (χ1v) is 11.1. The second-order valence-electron chi connectivity index (χ2n) is 8.64. The van der Waals surface area contributed by atoms with Crippen LogP contribution in [0.15, 0.2) is 47.5 Å². The smallest absolute Gasteiger partial charge is 0.276 e. The highest BCUT2D eigenvalue weighted by atomic mass is 16.5. The minimum absolute atomic E-state index is 0.0387. The molecule has 2 aliphatic rings. The fraction of sp³-hybridized carbons (Fsp3) is 0.400. The number of ether oxygens (including phenoxy) is 1. The Balaban J connectivity index is 1.39.